The Labute approximate surface area is 212 Å². The number of amides is 4. The molecular formula is C21H31N5O7S2. The van der Waals surface area contributed by atoms with Crippen molar-refractivity contribution in [1.82, 2.24) is 16.0 Å². The van der Waals surface area contributed by atoms with Gasteiger partial charge in [-0.2, -0.15) is 24.4 Å². The highest BCUT2D eigenvalue weighted by Gasteiger charge is 2.30. The van der Waals surface area contributed by atoms with Crippen molar-refractivity contribution in [2.45, 2.75) is 43.4 Å². The number of carboxylic acid groups (broad SMARTS) is 1. The maximum Gasteiger partial charge on any atom is 0.327 e. The van der Waals surface area contributed by atoms with Crippen LogP contribution in [0, 0.1) is 0 Å². The smallest absolute Gasteiger partial charge is 0.327 e. The molecule has 1 rings (SSSR count). The van der Waals surface area contributed by atoms with Gasteiger partial charge in [0.1, 0.15) is 23.9 Å². The lowest BCUT2D eigenvalue weighted by Crippen LogP contribution is -2.58. The van der Waals surface area contributed by atoms with E-state index < -0.39 is 60.2 Å². The van der Waals surface area contributed by atoms with Gasteiger partial charge in [-0.25, -0.2) is 4.79 Å². The highest BCUT2D eigenvalue weighted by Crippen LogP contribution is 2.11. The van der Waals surface area contributed by atoms with Gasteiger partial charge in [-0.1, -0.05) is 12.1 Å². The van der Waals surface area contributed by atoms with Crippen LogP contribution in [0.15, 0.2) is 24.3 Å². The number of nitrogens with one attached hydrogen (secondary N) is 3. The largest absolute Gasteiger partial charge is 0.508 e. The van der Waals surface area contributed by atoms with Crippen LogP contribution >= 0.6 is 24.4 Å². The summed E-state index contributed by atoms with van der Waals surface area (Å²) in [5, 5.41) is 25.6. The zero-order valence-electron chi connectivity index (χ0n) is 19.1. The van der Waals surface area contributed by atoms with E-state index in [4.69, 9.17) is 16.6 Å². The van der Waals surface area contributed by atoms with Gasteiger partial charge >= 0.3 is 5.97 Å². The number of aromatic hydroxyl groups is 1. The second kappa shape index (κ2) is 15.1. The van der Waals surface area contributed by atoms with Crippen LogP contribution in [0.5, 0.6) is 5.75 Å². The molecule has 0 aromatic heterocycles. The zero-order chi connectivity index (χ0) is 26.5. The van der Waals surface area contributed by atoms with Gasteiger partial charge in [0.05, 0.1) is 12.5 Å². The minimum atomic E-state index is -1.41. The van der Waals surface area contributed by atoms with Crippen LogP contribution in [0.2, 0.25) is 0 Å². The summed E-state index contributed by atoms with van der Waals surface area (Å²) < 4.78 is 0. The molecule has 0 aliphatic carbocycles. The molecule has 194 valence electrons. The Hall–Kier alpha value is -2.97. The minimum absolute atomic E-state index is 0.0501. The van der Waals surface area contributed by atoms with Gasteiger partial charge in [-0.05, 0) is 42.5 Å². The topological polar surface area (TPSA) is 214 Å². The summed E-state index contributed by atoms with van der Waals surface area (Å²) in [4.78, 5) is 60.8. The van der Waals surface area contributed by atoms with Gasteiger partial charge < -0.3 is 37.6 Å². The summed E-state index contributed by atoms with van der Waals surface area (Å²) in [5.41, 5.74) is 11.8. The quantitative estimate of drug-likeness (QED) is 0.122. The number of hydrogen-bond acceptors (Lipinski definition) is 9. The lowest BCUT2D eigenvalue weighted by molar-refractivity contribution is -0.141. The molecule has 0 saturated carbocycles. The van der Waals surface area contributed by atoms with Crippen molar-refractivity contribution in [3.8, 4) is 5.75 Å². The van der Waals surface area contributed by atoms with E-state index >= 15 is 0 Å². The summed E-state index contributed by atoms with van der Waals surface area (Å²) >= 11 is 5.30. The Morgan fingerprint density at radius 2 is 1.51 bits per heavy atom. The first kappa shape index (κ1) is 30.1. The summed E-state index contributed by atoms with van der Waals surface area (Å²) in [6, 6.07) is 1.16. The Bertz CT molecular complexity index is 901. The van der Waals surface area contributed by atoms with E-state index in [-0.39, 0.29) is 24.3 Å². The van der Waals surface area contributed by atoms with Crippen LogP contribution < -0.4 is 27.4 Å². The third-order valence-electron chi connectivity index (χ3n) is 4.81. The number of benzene rings is 1. The van der Waals surface area contributed by atoms with Gasteiger partial charge in [-0.15, -0.1) is 0 Å². The van der Waals surface area contributed by atoms with Crippen LogP contribution in [-0.4, -0.2) is 81.7 Å². The van der Waals surface area contributed by atoms with Crippen molar-refractivity contribution in [2.24, 2.45) is 11.5 Å². The fourth-order valence-electron chi connectivity index (χ4n) is 2.90. The van der Waals surface area contributed by atoms with E-state index in [1.807, 2.05) is 0 Å². The predicted molar refractivity (Wildman–Crippen MR) is 134 cm³/mol. The van der Waals surface area contributed by atoms with Crippen LogP contribution in [0.25, 0.3) is 0 Å². The first-order valence-electron chi connectivity index (χ1n) is 10.5. The van der Waals surface area contributed by atoms with E-state index in [0.29, 0.717) is 11.3 Å². The predicted octanol–water partition coefficient (Wildman–Crippen LogP) is -1.64. The molecule has 14 heteroatoms. The molecule has 0 aliphatic rings. The lowest BCUT2D eigenvalue weighted by Gasteiger charge is -2.24. The highest BCUT2D eigenvalue weighted by molar-refractivity contribution is 7.98. The summed E-state index contributed by atoms with van der Waals surface area (Å²) in [7, 11) is 0. The number of carbonyl (C=O) groups is 5. The number of primary amides is 1. The monoisotopic (exact) mass is 529 g/mol. The molecule has 0 spiro atoms. The van der Waals surface area contributed by atoms with E-state index in [9.17, 15) is 29.1 Å². The SMILES string of the molecule is CSCCC(NC(=O)C(CC(N)=O)NC(=O)C(N)Cc1ccc(O)cc1)C(=O)NC(CS)C(=O)O. The van der Waals surface area contributed by atoms with Gasteiger partial charge in [0.25, 0.3) is 0 Å². The Balaban J connectivity index is 2.92. The lowest BCUT2D eigenvalue weighted by atomic mass is 10.0. The number of phenols is 1. The number of thioether (sulfide) groups is 1. The van der Waals surface area contributed by atoms with Crippen LogP contribution in [0.4, 0.5) is 0 Å². The average Bonchev–Trinajstić information content (AvgIpc) is 2.80. The maximum atomic E-state index is 12.9. The molecule has 4 amide bonds. The van der Waals surface area contributed by atoms with Crippen LogP contribution in [0.1, 0.15) is 18.4 Å². The van der Waals surface area contributed by atoms with Crippen LogP contribution in [-0.2, 0) is 30.4 Å². The number of thiol groups is 1. The zero-order valence-corrected chi connectivity index (χ0v) is 20.8. The first-order chi connectivity index (χ1) is 16.5. The number of carboxylic acids is 1. The summed E-state index contributed by atoms with van der Waals surface area (Å²) in [5.74, 6) is -4.15. The third kappa shape index (κ3) is 10.9. The fourth-order valence-corrected chi connectivity index (χ4v) is 3.62. The fraction of sp³-hybridized carbons (Fsp3) is 0.476. The van der Waals surface area contributed by atoms with Crippen molar-refractivity contribution >= 4 is 54.0 Å². The van der Waals surface area contributed by atoms with Crippen molar-refractivity contribution in [3.05, 3.63) is 29.8 Å². The molecule has 4 unspecified atom stereocenters. The Morgan fingerprint density at radius 1 is 0.971 bits per heavy atom. The molecule has 0 fully saturated rings. The van der Waals surface area contributed by atoms with E-state index in [1.54, 1.807) is 18.4 Å². The van der Waals surface area contributed by atoms with E-state index in [2.05, 4.69) is 28.6 Å². The molecule has 0 aliphatic heterocycles. The average molecular weight is 530 g/mol. The van der Waals surface area contributed by atoms with Crippen molar-refractivity contribution in [3.63, 3.8) is 0 Å². The van der Waals surface area contributed by atoms with Gasteiger partial charge in [-0.3, -0.25) is 19.2 Å². The molecule has 12 nitrogen and oxygen atoms in total. The molecule has 35 heavy (non-hydrogen) atoms. The molecule has 0 radical (unpaired) electrons. The molecular weight excluding hydrogens is 498 g/mol. The molecule has 0 saturated heterocycles. The number of carbonyl (C=O) groups excluding carboxylic acids is 4. The molecule has 1 aromatic rings. The highest BCUT2D eigenvalue weighted by atomic mass is 32.2. The van der Waals surface area contributed by atoms with E-state index in [1.165, 1.54) is 23.9 Å². The standard InChI is InChI=1S/C21H31N5O7S2/c1-35-7-6-14(19(30)26-16(10-34)21(32)33)24-20(31)15(9-17(23)28)25-18(29)13(22)8-11-2-4-12(27)5-3-11/h2-5,13-16,27,34H,6-10,22H2,1H3,(H2,23,28)(H,24,31)(H,25,29)(H,26,30)(H,32,33). The summed E-state index contributed by atoms with van der Waals surface area (Å²) in [6.45, 7) is 0. The number of hydrogen-bond donors (Lipinski definition) is 8. The Morgan fingerprint density at radius 3 is 2.03 bits per heavy atom. The number of aliphatic carboxylic acids is 1. The molecule has 0 bridgehead atoms. The molecule has 9 N–H and O–H groups in total. The van der Waals surface area contributed by atoms with Crippen molar-refractivity contribution in [1.29, 1.82) is 0 Å². The van der Waals surface area contributed by atoms with Crippen molar-refractivity contribution < 1.29 is 34.2 Å². The third-order valence-corrected chi connectivity index (χ3v) is 5.82. The maximum absolute atomic E-state index is 12.9. The van der Waals surface area contributed by atoms with Gasteiger partial charge in [0.2, 0.25) is 23.6 Å². The normalized spacial score (nSPS) is 14.1. The number of phenolic OH excluding ortho intramolecular Hbond substituents is 1. The van der Waals surface area contributed by atoms with Crippen LogP contribution in [0.3, 0.4) is 0 Å². The second-order valence-electron chi connectivity index (χ2n) is 7.63. The number of rotatable bonds is 15. The second-order valence-corrected chi connectivity index (χ2v) is 8.98. The Kier molecular flexibility index (Phi) is 13.0. The van der Waals surface area contributed by atoms with Gasteiger partial charge in [0, 0.05) is 5.75 Å². The molecule has 4 atom stereocenters. The molecule has 1 aromatic carbocycles. The summed E-state index contributed by atoms with van der Waals surface area (Å²) in [6.07, 6.45) is 1.50. The minimum Gasteiger partial charge on any atom is -0.508 e. The first-order valence-corrected chi connectivity index (χ1v) is 12.6. The van der Waals surface area contributed by atoms with Crippen molar-refractivity contribution in [2.75, 3.05) is 17.8 Å². The van der Waals surface area contributed by atoms with Gasteiger partial charge in [0.15, 0.2) is 0 Å². The van der Waals surface area contributed by atoms with E-state index in [0.717, 1.165) is 0 Å². The number of nitrogens with two attached hydrogens (primary N) is 2. The molecule has 0 heterocycles.